The third-order valence-corrected chi connectivity index (χ3v) is 7.07. The third-order valence-electron chi connectivity index (χ3n) is 3.60. The zero-order valence-corrected chi connectivity index (χ0v) is 14.8. The Bertz CT molecular complexity index is 521. The molecule has 0 amide bonds. The number of nitrogens with zero attached hydrogens (tertiary/aromatic N) is 1. The van der Waals surface area contributed by atoms with Gasteiger partial charge in [0.1, 0.15) is 5.37 Å². The minimum atomic E-state index is -3.02. The number of halogens is 1. The van der Waals surface area contributed by atoms with Crippen LogP contribution in [0, 0.1) is 0 Å². The highest BCUT2D eigenvalue weighted by molar-refractivity contribution is 9.09. The van der Waals surface area contributed by atoms with Gasteiger partial charge in [-0.1, -0.05) is 46.3 Å². The van der Waals surface area contributed by atoms with Crippen LogP contribution < -0.4 is 0 Å². The molecule has 0 radical (unpaired) electrons. The predicted octanol–water partition coefficient (Wildman–Crippen LogP) is 2.58. The van der Waals surface area contributed by atoms with Gasteiger partial charge in [0.25, 0.3) is 0 Å². The Kier molecular flexibility index (Phi) is 5.95. The van der Waals surface area contributed by atoms with Crippen LogP contribution in [0.1, 0.15) is 11.5 Å². The van der Waals surface area contributed by atoms with Crippen molar-refractivity contribution in [1.29, 1.82) is 0 Å². The zero-order valence-electron chi connectivity index (χ0n) is 11.5. The number of benzene rings is 1. The fraction of sp³-hybridized carbons (Fsp3) is 0.571. The van der Waals surface area contributed by atoms with Crippen molar-refractivity contribution in [1.82, 2.24) is 4.90 Å². The van der Waals surface area contributed by atoms with Gasteiger partial charge in [-0.2, -0.15) is 11.8 Å². The third kappa shape index (κ3) is 4.23. The first kappa shape index (κ1) is 16.3. The molecule has 0 bridgehead atoms. The number of hydrogen-bond acceptors (Lipinski definition) is 4. The maximum absolute atomic E-state index is 11.9. The van der Waals surface area contributed by atoms with E-state index in [0.717, 1.165) is 24.2 Å². The Morgan fingerprint density at radius 3 is 2.70 bits per heavy atom. The van der Waals surface area contributed by atoms with E-state index in [9.17, 15) is 8.42 Å². The first-order valence-corrected chi connectivity index (χ1v) is 10.9. The highest BCUT2D eigenvalue weighted by Crippen LogP contribution is 2.25. The summed E-state index contributed by atoms with van der Waals surface area (Å²) in [6.45, 7) is 1.63. The fourth-order valence-corrected chi connectivity index (χ4v) is 6.00. The fourth-order valence-electron chi connectivity index (χ4n) is 2.47. The molecule has 2 rings (SSSR count). The van der Waals surface area contributed by atoms with E-state index in [1.807, 2.05) is 18.2 Å². The molecule has 1 aliphatic heterocycles. The summed E-state index contributed by atoms with van der Waals surface area (Å²) in [7, 11) is -3.02. The van der Waals surface area contributed by atoms with Gasteiger partial charge in [-0.25, -0.2) is 8.42 Å². The van der Waals surface area contributed by atoms with Gasteiger partial charge in [-0.15, -0.1) is 0 Å². The highest BCUT2D eigenvalue weighted by atomic mass is 79.9. The van der Waals surface area contributed by atoms with E-state index in [1.54, 1.807) is 11.8 Å². The molecule has 0 saturated carbocycles. The van der Waals surface area contributed by atoms with Crippen molar-refractivity contribution in [3.05, 3.63) is 35.9 Å². The van der Waals surface area contributed by atoms with E-state index in [2.05, 4.69) is 33.0 Å². The van der Waals surface area contributed by atoms with Gasteiger partial charge in [0.15, 0.2) is 9.84 Å². The average Bonchev–Trinajstić information content (AvgIpc) is 2.45. The normalized spacial score (nSPS) is 22.6. The summed E-state index contributed by atoms with van der Waals surface area (Å²) in [6, 6.07) is 10.3. The molecular formula is C14H20BrNO2S2. The van der Waals surface area contributed by atoms with Gasteiger partial charge in [-0.3, -0.25) is 4.90 Å². The Morgan fingerprint density at radius 2 is 2.10 bits per heavy atom. The molecule has 1 saturated heterocycles. The molecule has 112 valence electrons. The average molecular weight is 378 g/mol. The summed E-state index contributed by atoms with van der Waals surface area (Å²) in [6.07, 6.45) is 1.35. The van der Waals surface area contributed by atoms with Crippen molar-refractivity contribution in [3.63, 3.8) is 0 Å². The van der Waals surface area contributed by atoms with Crippen LogP contribution in [0.2, 0.25) is 0 Å². The van der Waals surface area contributed by atoms with E-state index in [4.69, 9.17) is 0 Å². The topological polar surface area (TPSA) is 37.4 Å². The van der Waals surface area contributed by atoms with Crippen molar-refractivity contribution in [2.45, 2.75) is 11.3 Å². The second-order valence-electron chi connectivity index (χ2n) is 5.12. The van der Waals surface area contributed by atoms with E-state index < -0.39 is 9.84 Å². The number of thioether (sulfide) groups is 1. The van der Waals surface area contributed by atoms with Crippen molar-refractivity contribution in [2.24, 2.45) is 0 Å². The van der Waals surface area contributed by atoms with Gasteiger partial charge in [0, 0.05) is 42.1 Å². The molecule has 20 heavy (non-hydrogen) atoms. The largest absolute Gasteiger partial charge is 0.285 e. The maximum Gasteiger partial charge on any atom is 0.164 e. The van der Waals surface area contributed by atoms with E-state index in [-0.39, 0.29) is 5.37 Å². The lowest BCUT2D eigenvalue weighted by atomic mass is 10.0. The molecule has 0 aromatic heterocycles. The lowest BCUT2D eigenvalue weighted by molar-refractivity contribution is 0.259. The van der Waals surface area contributed by atoms with Crippen LogP contribution >= 0.6 is 27.7 Å². The summed E-state index contributed by atoms with van der Waals surface area (Å²) >= 11 is 5.30. The second-order valence-corrected chi connectivity index (χ2v) is 9.12. The number of rotatable bonds is 5. The molecule has 2 unspecified atom stereocenters. The molecule has 1 aliphatic rings. The van der Waals surface area contributed by atoms with Gasteiger partial charge >= 0.3 is 0 Å². The molecule has 1 heterocycles. The molecule has 0 N–H and O–H groups in total. The Morgan fingerprint density at radius 1 is 1.40 bits per heavy atom. The summed E-state index contributed by atoms with van der Waals surface area (Å²) in [5.74, 6) is 2.02. The molecule has 2 atom stereocenters. The number of sulfone groups is 1. The van der Waals surface area contributed by atoms with E-state index in [0.29, 0.717) is 11.7 Å². The lowest BCUT2D eigenvalue weighted by Gasteiger charge is -2.36. The molecule has 3 nitrogen and oxygen atoms in total. The van der Waals surface area contributed by atoms with Crippen LogP contribution in [-0.2, 0) is 9.84 Å². The molecule has 1 aromatic rings. The van der Waals surface area contributed by atoms with Crippen molar-refractivity contribution < 1.29 is 8.42 Å². The standard InChI is InChI=1S/C14H20BrNO2S2/c1-20(17,18)14-11-19-8-7-16(14)10-13(9-15)12-5-3-2-4-6-12/h2-6,13-14H,7-11H2,1H3. The Hall–Kier alpha value is -0.0400. The number of hydrogen-bond donors (Lipinski definition) is 0. The van der Waals surface area contributed by atoms with Crippen LogP contribution in [0.5, 0.6) is 0 Å². The SMILES string of the molecule is CS(=O)(=O)C1CSCCN1CC(CBr)c1ccccc1. The molecule has 1 fully saturated rings. The van der Waals surface area contributed by atoms with E-state index >= 15 is 0 Å². The Balaban J connectivity index is 2.13. The van der Waals surface area contributed by atoms with Crippen molar-refractivity contribution in [3.8, 4) is 0 Å². The smallest absolute Gasteiger partial charge is 0.164 e. The molecule has 1 aromatic carbocycles. The molecular weight excluding hydrogens is 358 g/mol. The first-order valence-electron chi connectivity index (χ1n) is 6.64. The minimum Gasteiger partial charge on any atom is -0.285 e. The molecule has 0 spiro atoms. The summed E-state index contributed by atoms with van der Waals surface area (Å²) < 4.78 is 23.9. The Labute approximate surface area is 134 Å². The monoisotopic (exact) mass is 377 g/mol. The maximum atomic E-state index is 11.9. The van der Waals surface area contributed by atoms with E-state index in [1.165, 1.54) is 11.8 Å². The summed E-state index contributed by atoms with van der Waals surface area (Å²) in [4.78, 5) is 2.13. The van der Waals surface area contributed by atoms with Gasteiger partial charge < -0.3 is 0 Å². The van der Waals surface area contributed by atoms with Gasteiger partial charge in [0.2, 0.25) is 0 Å². The van der Waals surface area contributed by atoms with Crippen molar-refractivity contribution in [2.75, 3.05) is 36.2 Å². The van der Waals surface area contributed by atoms with Crippen LogP contribution in [0.3, 0.4) is 0 Å². The van der Waals surface area contributed by atoms with Crippen LogP contribution in [0.25, 0.3) is 0 Å². The highest BCUT2D eigenvalue weighted by Gasteiger charge is 2.32. The predicted molar refractivity (Wildman–Crippen MR) is 90.5 cm³/mol. The second kappa shape index (κ2) is 7.29. The molecule has 6 heteroatoms. The van der Waals surface area contributed by atoms with Crippen molar-refractivity contribution >= 4 is 37.5 Å². The minimum absolute atomic E-state index is 0.323. The van der Waals surface area contributed by atoms with Crippen LogP contribution in [0.4, 0.5) is 0 Å². The van der Waals surface area contributed by atoms with Crippen LogP contribution in [-0.4, -0.2) is 54.9 Å². The lowest BCUT2D eigenvalue weighted by Crippen LogP contribution is -2.48. The van der Waals surface area contributed by atoms with Crippen LogP contribution in [0.15, 0.2) is 30.3 Å². The zero-order chi connectivity index (χ0) is 14.6. The summed E-state index contributed by atoms with van der Waals surface area (Å²) in [5.41, 5.74) is 1.26. The molecule has 0 aliphatic carbocycles. The van der Waals surface area contributed by atoms with Gasteiger partial charge in [0.05, 0.1) is 0 Å². The summed E-state index contributed by atoms with van der Waals surface area (Å²) in [5, 5.41) is 0.503. The quantitative estimate of drug-likeness (QED) is 0.739. The number of alkyl halides is 1. The van der Waals surface area contributed by atoms with Gasteiger partial charge in [-0.05, 0) is 5.56 Å². The first-order chi connectivity index (χ1) is 9.52.